The summed E-state index contributed by atoms with van der Waals surface area (Å²) in [6.45, 7) is 4.19. The van der Waals surface area contributed by atoms with E-state index in [9.17, 15) is 0 Å². The molecule has 3 rings (SSSR count). The fourth-order valence-electron chi connectivity index (χ4n) is 3.36. The smallest absolute Gasteiger partial charge is 0.191 e. The molecule has 0 saturated heterocycles. The van der Waals surface area contributed by atoms with Crippen molar-refractivity contribution in [1.29, 1.82) is 0 Å². The van der Waals surface area contributed by atoms with E-state index < -0.39 is 0 Å². The summed E-state index contributed by atoms with van der Waals surface area (Å²) >= 11 is 0. The van der Waals surface area contributed by atoms with Gasteiger partial charge in [-0.05, 0) is 62.4 Å². The van der Waals surface area contributed by atoms with Crippen molar-refractivity contribution >= 4 is 29.9 Å². The van der Waals surface area contributed by atoms with Crippen molar-refractivity contribution < 1.29 is 13.9 Å². The summed E-state index contributed by atoms with van der Waals surface area (Å²) < 4.78 is 17.0. The number of guanidine groups is 1. The van der Waals surface area contributed by atoms with Crippen LogP contribution in [0.3, 0.4) is 0 Å². The highest BCUT2D eigenvalue weighted by Crippen LogP contribution is 2.32. The van der Waals surface area contributed by atoms with Gasteiger partial charge in [-0.3, -0.25) is 0 Å². The predicted octanol–water partition coefficient (Wildman–Crippen LogP) is 4.53. The van der Waals surface area contributed by atoms with Crippen LogP contribution in [0.25, 0.3) is 0 Å². The van der Waals surface area contributed by atoms with Crippen molar-refractivity contribution in [2.75, 3.05) is 20.2 Å². The summed E-state index contributed by atoms with van der Waals surface area (Å²) in [5.41, 5.74) is 1.08. The Balaban J connectivity index is 0.00000300. The second-order valence-corrected chi connectivity index (χ2v) is 6.96. The summed E-state index contributed by atoms with van der Waals surface area (Å²) in [7, 11) is 1.68. The Hall–Kier alpha value is -1.90. The van der Waals surface area contributed by atoms with Gasteiger partial charge >= 0.3 is 0 Å². The van der Waals surface area contributed by atoms with Crippen LogP contribution < -0.4 is 20.1 Å². The predicted molar refractivity (Wildman–Crippen MR) is 127 cm³/mol. The van der Waals surface area contributed by atoms with Gasteiger partial charge in [-0.2, -0.15) is 0 Å². The number of hydrogen-bond donors (Lipinski definition) is 2. The molecule has 0 bridgehead atoms. The molecule has 160 valence electrons. The second kappa shape index (κ2) is 12.6. The third kappa shape index (κ3) is 7.45. The molecule has 1 fully saturated rings. The minimum atomic E-state index is 0. The molecule has 29 heavy (non-hydrogen) atoms. The van der Waals surface area contributed by atoms with Gasteiger partial charge in [0.05, 0.1) is 26.0 Å². The van der Waals surface area contributed by atoms with Crippen LogP contribution in [0.4, 0.5) is 0 Å². The Morgan fingerprint density at radius 3 is 2.69 bits per heavy atom. The maximum atomic E-state index is 6.11. The number of benzene rings is 1. The van der Waals surface area contributed by atoms with Crippen molar-refractivity contribution in [3.05, 3.63) is 47.9 Å². The van der Waals surface area contributed by atoms with E-state index in [1.807, 2.05) is 24.3 Å². The van der Waals surface area contributed by atoms with E-state index in [4.69, 9.17) is 13.9 Å². The zero-order chi connectivity index (χ0) is 19.6. The lowest BCUT2D eigenvalue weighted by atomic mass is 10.2. The fourth-order valence-corrected chi connectivity index (χ4v) is 3.36. The van der Waals surface area contributed by atoms with Crippen LogP contribution in [0.15, 0.2) is 46.0 Å². The van der Waals surface area contributed by atoms with Crippen molar-refractivity contribution in [2.45, 2.75) is 51.7 Å². The molecule has 1 aliphatic carbocycles. The molecule has 1 saturated carbocycles. The monoisotopic (exact) mass is 513 g/mol. The average molecular weight is 513 g/mol. The molecule has 0 atom stereocenters. The quantitative estimate of drug-likeness (QED) is 0.293. The molecule has 1 aromatic heterocycles. The van der Waals surface area contributed by atoms with Crippen LogP contribution in [0.1, 0.15) is 43.9 Å². The Morgan fingerprint density at radius 2 is 2.00 bits per heavy atom. The zero-order valence-electron chi connectivity index (χ0n) is 17.3. The first-order valence-electron chi connectivity index (χ1n) is 10.2. The standard InChI is InChI=1S/C22H31N3O3.HI/c1-3-23-22(24-13-12-18-9-6-14-27-18)25-16-17-10-11-20(21(15-17)26-2)28-19-7-4-5-8-19;/h6,9-11,14-15,19H,3-5,7-8,12-13,16H2,1-2H3,(H2,23,24,25);1H. The highest BCUT2D eigenvalue weighted by molar-refractivity contribution is 14.0. The van der Waals surface area contributed by atoms with Crippen molar-refractivity contribution in [2.24, 2.45) is 4.99 Å². The minimum Gasteiger partial charge on any atom is -0.493 e. The lowest BCUT2D eigenvalue weighted by Crippen LogP contribution is -2.38. The van der Waals surface area contributed by atoms with Crippen molar-refractivity contribution in [3.63, 3.8) is 0 Å². The van der Waals surface area contributed by atoms with Gasteiger partial charge in [0, 0.05) is 19.5 Å². The molecule has 7 heteroatoms. The molecule has 1 aromatic carbocycles. The Bertz CT molecular complexity index is 744. The van der Waals surface area contributed by atoms with Crippen LogP contribution in [-0.2, 0) is 13.0 Å². The van der Waals surface area contributed by atoms with Gasteiger partial charge in [0.25, 0.3) is 0 Å². The van der Waals surface area contributed by atoms with E-state index in [1.54, 1.807) is 13.4 Å². The van der Waals surface area contributed by atoms with Crippen LogP contribution in [0.2, 0.25) is 0 Å². The summed E-state index contributed by atoms with van der Waals surface area (Å²) in [6, 6.07) is 9.96. The molecule has 0 unspecified atom stereocenters. The van der Waals surface area contributed by atoms with Crippen LogP contribution in [-0.4, -0.2) is 32.3 Å². The molecule has 1 aliphatic rings. The molecule has 2 aromatic rings. The van der Waals surface area contributed by atoms with E-state index in [0.717, 1.165) is 61.1 Å². The highest BCUT2D eigenvalue weighted by atomic mass is 127. The number of hydrogen-bond acceptors (Lipinski definition) is 4. The second-order valence-electron chi connectivity index (χ2n) is 6.96. The molecule has 0 aliphatic heterocycles. The molecule has 1 heterocycles. The zero-order valence-corrected chi connectivity index (χ0v) is 19.6. The Kier molecular flexibility index (Phi) is 10.2. The van der Waals surface area contributed by atoms with Gasteiger partial charge in [-0.15, -0.1) is 24.0 Å². The summed E-state index contributed by atoms with van der Waals surface area (Å²) in [4.78, 5) is 4.68. The van der Waals surface area contributed by atoms with E-state index >= 15 is 0 Å². The van der Waals surface area contributed by atoms with Crippen molar-refractivity contribution in [1.82, 2.24) is 10.6 Å². The number of nitrogens with one attached hydrogen (secondary N) is 2. The number of nitrogens with zero attached hydrogens (tertiary/aromatic N) is 1. The number of aliphatic imine (C=N–C) groups is 1. The highest BCUT2D eigenvalue weighted by Gasteiger charge is 2.18. The lowest BCUT2D eigenvalue weighted by molar-refractivity contribution is 0.200. The van der Waals surface area contributed by atoms with Gasteiger partial charge in [0.1, 0.15) is 5.76 Å². The van der Waals surface area contributed by atoms with Crippen LogP contribution >= 0.6 is 24.0 Å². The van der Waals surface area contributed by atoms with Crippen LogP contribution in [0.5, 0.6) is 11.5 Å². The molecular formula is C22H32IN3O3. The lowest BCUT2D eigenvalue weighted by Gasteiger charge is -2.16. The van der Waals surface area contributed by atoms with Crippen LogP contribution in [0, 0.1) is 0 Å². The maximum absolute atomic E-state index is 6.11. The van der Waals surface area contributed by atoms with E-state index in [2.05, 4.69) is 28.6 Å². The molecule has 0 radical (unpaired) electrons. The first kappa shape index (κ1) is 23.4. The first-order valence-corrected chi connectivity index (χ1v) is 10.2. The normalized spacial score (nSPS) is 14.3. The number of furan rings is 1. The molecule has 2 N–H and O–H groups in total. The Labute approximate surface area is 190 Å². The van der Waals surface area contributed by atoms with E-state index in [0.29, 0.717) is 12.6 Å². The number of methoxy groups -OCH3 is 1. The third-order valence-corrected chi connectivity index (χ3v) is 4.83. The maximum Gasteiger partial charge on any atom is 0.191 e. The third-order valence-electron chi connectivity index (χ3n) is 4.83. The molecule has 0 amide bonds. The molecule has 0 spiro atoms. The van der Waals surface area contributed by atoms with Gasteiger partial charge in [0.15, 0.2) is 17.5 Å². The largest absolute Gasteiger partial charge is 0.493 e. The fraction of sp³-hybridized carbons (Fsp3) is 0.500. The van der Waals surface area contributed by atoms with Gasteiger partial charge < -0.3 is 24.5 Å². The molecule has 6 nitrogen and oxygen atoms in total. The topological polar surface area (TPSA) is 68.0 Å². The SMILES string of the molecule is CCNC(=NCc1ccc(OC2CCCC2)c(OC)c1)NCCc1ccco1.I. The summed E-state index contributed by atoms with van der Waals surface area (Å²) in [6.07, 6.45) is 7.59. The number of rotatable bonds is 9. The summed E-state index contributed by atoms with van der Waals surface area (Å²) in [5.74, 6) is 3.35. The van der Waals surface area contributed by atoms with E-state index in [1.165, 1.54) is 12.8 Å². The minimum absolute atomic E-state index is 0. The van der Waals surface area contributed by atoms with Gasteiger partial charge in [0.2, 0.25) is 0 Å². The number of halogens is 1. The van der Waals surface area contributed by atoms with Crippen molar-refractivity contribution in [3.8, 4) is 11.5 Å². The average Bonchev–Trinajstić information content (AvgIpc) is 3.41. The number of ether oxygens (including phenoxy) is 2. The van der Waals surface area contributed by atoms with Gasteiger partial charge in [-0.25, -0.2) is 4.99 Å². The Morgan fingerprint density at radius 1 is 1.17 bits per heavy atom. The van der Waals surface area contributed by atoms with Gasteiger partial charge in [-0.1, -0.05) is 6.07 Å². The first-order chi connectivity index (χ1) is 13.8. The summed E-state index contributed by atoms with van der Waals surface area (Å²) in [5, 5.41) is 6.61. The molecular weight excluding hydrogens is 481 g/mol. The van der Waals surface area contributed by atoms with E-state index in [-0.39, 0.29) is 24.0 Å².